The molecule has 0 aliphatic heterocycles. The summed E-state index contributed by atoms with van der Waals surface area (Å²) in [5, 5.41) is 8.20. The molecule has 0 aliphatic carbocycles. The van der Waals surface area contributed by atoms with E-state index in [1.54, 1.807) is 18.2 Å². The maximum Gasteiger partial charge on any atom is 0.338 e. The zero-order chi connectivity index (χ0) is 19.3. The second kappa shape index (κ2) is 7.88. The zero-order valence-corrected chi connectivity index (χ0v) is 15.3. The van der Waals surface area contributed by atoms with Gasteiger partial charge >= 0.3 is 5.97 Å². The fourth-order valence-electron chi connectivity index (χ4n) is 2.84. The van der Waals surface area contributed by atoms with E-state index in [4.69, 9.17) is 9.15 Å². The van der Waals surface area contributed by atoms with Gasteiger partial charge in [-0.2, -0.15) is 0 Å². The predicted octanol–water partition coefficient (Wildman–Crippen LogP) is 5.32. The van der Waals surface area contributed by atoms with E-state index >= 15 is 0 Å². The fraction of sp³-hybridized carbons (Fsp3) is 0.0870. The molecule has 0 bridgehead atoms. The number of nitrogens with zero attached hydrogens (tertiary/aromatic N) is 2. The molecule has 1 heterocycles. The SMILES string of the molecule is C[C@@H](OC(=O)c1cccc(-c2nnc(-c3ccccc3)o2)c1)c1ccccc1. The van der Waals surface area contributed by atoms with E-state index in [2.05, 4.69) is 10.2 Å². The molecule has 138 valence electrons. The van der Waals surface area contributed by atoms with Gasteiger partial charge < -0.3 is 9.15 Å². The Kier molecular flexibility index (Phi) is 4.97. The van der Waals surface area contributed by atoms with E-state index in [1.165, 1.54) is 0 Å². The third kappa shape index (κ3) is 3.83. The Bertz CT molecular complexity index is 1080. The van der Waals surface area contributed by atoms with Crippen LogP contribution in [0, 0.1) is 0 Å². The minimum absolute atomic E-state index is 0.342. The molecule has 0 amide bonds. The van der Waals surface area contributed by atoms with E-state index in [1.807, 2.05) is 73.7 Å². The first-order valence-electron chi connectivity index (χ1n) is 8.96. The first-order valence-corrected chi connectivity index (χ1v) is 8.96. The number of benzene rings is 3. The van der Waals surface area contributed by atoms with Crippen LogP contribution in [0.2, 0.25) is 0 Å². The largest absolute Gasteiger partial charge is 0.454 e. The maximum atomic E-state index is 12.5. The molecule has 0 spiro atoms. The molecule has 4 rings (SSSR count). The minimum atomic E-state index is -0.402. The highest BCUT2D eigenvalue weighted by Crippen LogP contribution is 2.25. The molecule has 0 saturated carbocycles. The maximum absolute atomic E-state index is 12.5. The van der Waals surface area contributed by atoms with Gasteiger partial charge in [-0.05, 0) is 42.8 Å². The van der Waals surface area contributed by atoms with Gasteiger partial charge in [-0.3, -0.25) is 0 Å². The normalized spacial score (nSPS) is 11.8. The molecular weight excluding hydrogens is 352 g/mol. The van der Waals surface area contributed by atoms with Crippen molar-refractivity contribution < 1.29 is 13.9 Å². The van der Waals surface area contributed by atoms with E-state index < -0.39 is 5.97 Å². The summed E-state index contributed by atoms with van der Waals surface area (Å²) in [6.07, 6.45) is -0.342. The average Bonchev–Trinajstić information content (AvgIpc) is 3.25. The summed E-state index contributed by atoms with van der Waals surface area (Å²) in [7, 11) is 0. The molecule has 0 unspecified atom stereocenters. The molecule has 1 aromatic heterocycles. The highest BCUT2D eigenvalue weighted by molar-refractivity contribution is 5.90. The second-order valence-corrected chi connectivity index (χ2v) is 6.32. The molecule has 0 aliphatic rings. The van der Waals surface area contributed by atoms with Crippen LogP contribution in [0.1, 0.15) is 28.9 Å². The molecule has 28 heavy (non-hydrogen) atoms. The third-order valence-electron chi connectivity index (χ3n) is 4.34. The number of hydrogen-bond acceptors (Lipinski definition) is 5. The summed E-state index contributed by atoms with van der Waals surface area (Å²) < 4.78 is 11.3. The topological polar surface area (TPSA) is 65.2 Å². The number of esters is 1. The lowest BCUT2D eigenvalue weighted by atomic mass is 10.1. The van der Waals surface area contributed by atoms with Gasteiger partial charge in [-0.15, -0.1) is 10.2 Å². The molecule has 4 aromatic rings. The molecule has 1 atom stereocenters. The average molecular weight is 370 g/mol. The van der Waals surface area contributed by atoms with Gasteiger partial charge in [0.25, 0.3) is 0 Å². The number of carbonyl (C=O) groups is 1. The van der Waals surface area contributed by atoms with Crippen molar-refractivity contribution in [2.45, 2.75) is 13.0 Å². The standard InChI is InChI=1S/C23H18N2O3/c1-16(17-9-4-2-5-10-17)27-23(26)20-14-8-13-19(15-20)22-25-24-21(28-22)18-11-6-3-7-12-18/h2-16H,1H3/t16-/m1/s1. The first kappa shape index (κ1) is 17.7. The molecule has 5 heteroatoms. The second-order valence-electron chi connectivity index (χ2n) is 6.32. The predicted molar refractivity (Wildman–Crippen MR) is 105 cm³/mol. The van der Waals surface area contributed by atoms with Gasteiger partial charge in [0.05, 0.1) is 5.56 Å². The van der Waals surface area contributed by atoms with Gasteiger partial charge in [0.15, 0.2) is 0 Å². The van der Waals surface area contributed by atoms with Gasteiger partial charge in [-0.25, -0.2) is 4.79 Å². The zero-order valence-electron chi connectivity index (χ0n) is 15.3. The van der Waals surface area contributed by atoms with Crippen LogP contribution in [0.3, 0.4) is 0 Å². The van der Waals surface area contributed by atoms with Crippen molar-refractivity contribution in [3.63, 3.8) is 0 Å². The lowest BCUT2D eigenvalue weighted by Gasteiger charge is -2.13. The lowest BCUT2D eigenvalue weighted by molar-refractivity contribution is 0.0338. The summed E-state index contributed by atoms with van der Waals surface area (Å²) in [6.45, 7) is 1.85. The van der Waals surface area contributed by atoms with Crippen molar-refractivity contribution in [1.82, 2.24) is 10.2 Å². The van der Waals surface area contributed by atoms with Crippen LogP contribution in [-0.4, -0.2) is 16.2 Å². The first-order chi connectivity index (χ1) is 13.7. The van der Waals surface area contributed by atoms with Crippen LogP contribution in [-0.2, 0) is 4.74 Å². The van der Waals surface area contributed by atoms with E-state index in [0.717, 1.165) is 11.1 Å². The Labute approximate surface area is 162 Å². The number of carbonyl (C=O) groups excluding carboxylic acids is 1. The van der Waals surface area contributed by atoms with Crippen LogP contribution in [0.25, 0.3) is 22.9 Å². The van der Waals surface area contributed by atoms with Crippen molar-refractivity contribution in [3.8, 4) is 22.9 Å². The number of hydrogen-bond donors (Lipinski definition) is 0. The Morgan fingerprint density at radius 1 is 0.821 bits per heavy atom. The molecule has 0 radical (unpaired) electrons. The Morgan fingerprint density at radius 3 is 2.14 bits per heavy atom. The van der Waals surface area contributed by atoms with Crippen molar-refractivity contribution in [1.29, 1.82) is 0 Å². The summed E-state index contributed by atoms with van der Waals surface area (Å²) in [5.74, 6) is 0.381. The van der Waals surface area contributed by atoms with Crippen LogP contribution >= 0.6 is 0 Å². The monoisotopic (exact) mass is 370 g/mol. The Hall–Kier alpha value is -3.73. The lowest BCUT2D eigenvalue weighted by Crippen LogP contribution is -2.09. The summed E-state index contributed by atoms with van der Waals surface area (Å²) in [5.41, 5.74) is 2.88. The molecule has 0 N–H and O–H groups in total. The fourth-order valence-corrected chi connectivity index (χ4v) is 2.84. The third-order valence-corrected chi connectivity index (χ3v) is 4.34. The van der Waals surface area contributed by atoms with E-state index in [-0.39, 0.29) is 6.10 Å². The van der Waals surface area contributed by atoms with E-state index in [9.17, 15) is 4.79 Å². The van der Waals surface area contributed by atoms with Crippen molar-refractivity contribution in [2.24, 2.45) is 0 Å². The van der Waals surface area contributed by atoms with Gasteiger partial charge in [0.1, 0.15) is 6.10 Å². The molecule has 0 saturated heterocycles. The number of rotatable bonds is 5. The van der Waals surface area contributed by atoms with Crippen LogP contribution < -0.4 is 0 Å². The Balaban J connectivity index is 1.53. The smallest absolute Gasteiger partial charge is 0.338 e. The highest BCUT2D eigenvalue weighted by atomic mass is 16.5. The summed E-state index contributed by atoms with van der Waals surface area (Å²) >= 11 is 0. The van der Waals surface area contributed by atoms with Crippen molar-refractivity contribution >= 4 is 5.97 Å². The molecule has 3 aromatic carbocycles. The summed E-state index contributed by atoms with van der Waals surface area (Å²) in [4.78, 5) is 12.5. The van der Waals surface area contributed by atoms with Gasteiger partial charge in [-0.1, -0.05) is 54.6 Å². The van der Waals surface area contributed by atoms with Crippen LogP contribution in [0.5, 0.6) is 0 Å². The van der Waals surface area contributed by atoms with Crippen LogP contribution in [0.4, 0.5) is 0 Å². The molecule has 5 nitrogen and oxygen atoms in total. The Morgan fingerprint density at radius 2 is 1.43 bits per heavy atom. The minimum Gasteiger partial charge on any atom is -0.454 e. The molecule has 0 fully saturated rings. The quantitative estimate of drug-likeness (QED) is 0.445. The van der Waals surface area contributed by atoms with Gasteiger partial charge in [0, 0.05) is 11.1 Å². The van der Waals surface area contributed by atoms with Gasteiger partial charge in [0.2, 0.25) is 11.8 Å². The van der Waals surface area contributed by atoms with E-state index in [0.29, 0.717) is 22.9 Å². The van der Waals surface area contributed by atoms with Crippen LogP contribution in [0.15, 0.2) is 89.3 Å². The molecular formula is C23H18N2O3. The number of aromatic nitrogens is 2. The van der Waals surface area contributed by atoms with Crippen molar-refractivity contribution in [2.75, 3.05) is 0 Å². The summed E-state index contributed by atoms with van der Waals surface area (Å²) in [6, 6.07) is 26.1. The van der Waals surface area contributed by atoms with Crippen molar-refractivity contribution in [3.05, 3.63) is 96.1 Å². The number of ether oxygens (including phenoxy) is 1. The highest BCUT2D eigenvalue weighted by Gasteiger charge is 2.16.